The van der Waals surface area contributed by atoms with E-state index < -0.39 is 19.9 Å². The van der Waals surface area contributed by atoms with Gasteiger partial charge < -0.3 is 18.8 Å². The summed E-state index contributed by atoms with van der Waals surface area (Å²) in [6.45, 7) is 12.3. The van der Waals surface area contributed by atoms with Crippen LogP contribution in [0.1, 0.15) is 30.9 Å². The van der Waals surface area contributed by atoms with Crippen molar-refractivity contribution in [2.45, 2.75) is 58.6 Å². The molecule has 0 spiro atoms. The highest BCUT2D eigenvalue weighted by atomic mass is 28.3. The first kappa shape index (κ1) is 27.5. The first-order chi connectivity index (χ1) is 18.1. The predicted molar refractivity (Wildman–Crippen MR) is 150 cm³/mol. The summed E-state index contributed by atoms with van der Waals surface area (Å²) in [5.74, 6) is 0.237. The number of hydrogen-bond donors (Lipinski definition) is 0. The Morgan fingerprint density at radius 1 is 1.05 bits per heavy atom. The number of rotatable bonds is 11. The van der Waals surface area contributed by atoms with E-state index in [1.54, 1.807) is 42.6 Å². The van der Waals surface area contributed by atoms with Crippen LogP contribution in [0.4, 0.5) is 4.39 Å². The van der Waals surface area contributed by atoms with Crippen LogP contribution in [0.15, 0.2) is 67.0 Å². The molecule has 0 aliphatic rings. The first-order valence-electron chi connectivity index (χ1n) is 12.9. The van der Waals surface area contributed by atoms with E-state index >= 15 is 4.39 Å². The molecule has 0 bridgehead atoms. The third-order valence-electron chi connectivity index (χ3n) is 6.14. The fourth-order valence-corrected chi connectivity index (χ4v) is 4.81. The van der Waals surface area contributed by atoms with Crippen LogP contribution in [-0.2, 0) is 22.7 Å². The Bertz CT molecular complexity index is 1400. The standard InChI is InChI=1S/C30H35FN2O4Si/c1-21(2)24-19-33(20-35-15-16-38(3,4)5)30-29(24)27(13-14-32-30)37-26-12-11-22(17-25(26)31)18-28(34)36-23-9-7-6-8-10-23/h6-14,17,19,21H,15-16,18,20H2,1-5H3. The van der Waals surface area contributed by atoms with Gasteiger partial charge in [-0.1, -0.05) is 57.8 Å². The van der Waals surface area contributed by atoms with Gasteiger partial charge in [0.25, 0.3) is 0 Å². The Morgan fingerprint density at radius 3 is 2.50 bits per heavy atom. The monoisotopic (exact) mass is 534 g/mol. The molecule has 0 aliphatic carbocycles. The van der Waals surface area contributed by atoms with Crippen LogP contribution in [0, 0.1) is 5.82 Å². The smallest absolute Gasteiger partial charge is 0.315 e. The SMILES string of the molecule is CC(C)c1cn(COCC[Si](C)(C)C)c2nccc(Oc3ccc(CC(=O)Oc4ccccc4)cc3F)c12. The second kappa shape index (κ2) is 11.9. The molecule has 8 heteroatoms. The summed E-state index contributed by atoms with van der Waals surface area (Å²) >= 11 is 0. The number of benzene rings is 2. The van der Waals surface area contributed by atoms with Crippen molar-refractivity contribution >= 4 is 25.1 Å². The van der Waals surface area contributed by atoms with Crippen LogP contribution in [0.3, 0.4) is 0 Å². The third-order valence-corrected chi connectivity index (χ3v) is 7.84. The number of aromatic nitrogens is 2. The van der Waals surface area contributed by atoms with Gasteiger partial charge in [-0.2, -0.15) is 0 Å². The van der Waals surface area contributed by atoms with Gasteiger partial charge in [-0.15, -0.1) is 0 Å². The Kier molecular flexibility index (Phi) is 8.64. The number of pyridine rings is 1. The van der Waals surface area contributed by atoms with Crippen LogP contribution in [0.25, 0.3) is 11.0 Å². The van der Waals surface area contributed by atoms with Crippen molar-refractivity contribution in [3.8, 4) is 17.2 Å². The molecule has 2 aromatic carbocycles. The van der Waals surface area contributed by atoms with E-state index in [0.717, 1.165) is 22.6 Å². The van der Waals surface area contributed by atoms with Gasteiger partial charge in [0, 0.05) is 27.1 Å². The largest absolute Gasteiger partial charge is 0.453 e. The lowest BCUT2D eigenvalue weighted by Crippen LogP contribution is -2.22. The van der Waals surface area contributed by atoms with Crippen molar-refractivity contribution in [2.24, 2.45) is 0 Å². The van der Waals surface area contributed by atoms with Crippen molar-refractivity contribution in [1.82, 2.24) is 9.55 Å². The first-order valence-corrected chi connectivity index (χ1v) is 16.6. The lowest BCUT2D eigenvalue weighted by atomic mass is 10.0. The lowest BCUT2D eigenvalue weighted by Gasteiger charge is -2.15. The molecular weight excluding hydrogens is 499 g/mol. The summed E-state index contributed by atoms with van der Waals surface area (Å²) in [6.07, 6.45) is 3.65. The highest BCUT2D eigenvalue weighted by Crippen LogP contribution is 2.37. The molecule has 200 valence electrons. The maximum Gasteiger partial charge on any atom is 0.315 e. The number of esters is 1. The summed E-state index contributed by atoms with van der Waals surface area (Å²) in [4.78, 5) is 16.9. The second-order valence-corrected chi connectivity index (χ2v) is 16.5. The number of ether oxygens (including phenoxy) is 3. The Morgan fingerprint density at radius 2 is 1.82 bits per heavy atom. The summed E-state index contributed by atoms with van der Waals surface area (Å²) in [5.41, 5.74) is 2.29. The number of carbonyl (C=O) groups excluding carboxylic acids is 1. The Hall–Kier alpha value is -3.49. The minimum atomic E-state index is -1.18. The van der Waals surface area contributed by atoms with Gasteiger partial charge in [0.1, 0.15) is 23.9 Å². The van der Waals surface area contributed by atoms with Gasteiger partial charge in [0.15, 0.2) is 11.6 Å². The molecule has 2 heterocycles. The van der Waals surface area contributed by atoms with Gasteiger partial charge in [-0.3, -0.25) is 4.79 Å². The van der Waals surface area contributed by atoms with Gasteiger partial charge in [0.05, 0.1) is 11.8 Å². The summed E-state index contributed by atoms with van der Waals surface area (Å²) in [6, 6.07) is 16.1. The topological polar surface area (TPSA) is 62.6 Å². The minimum absolute atomic E-state index is 0.0519. The van der Waals surface area contributed by atoms with E-state index in [0.29, 0.717) is 30.4 Å². The molecule has 0 saturated carbocycles. The molecule has 38 heavy (non-hydrogen) atoms. The summed E-state index contributed by atoms with van der Waals surface area (Å²) in [5, 5.41) is 0.839. The van der Waals surface area contributed by atoms with Crippen molar-refractivity contribution < 1.29 is 23.4 Å². The van der Waals surface area contributed by atoms with Gasteiger partial charge in [0.2, 0.25) is 0 Å². The van der Waals surface area contributed by atoms with E-state index in [-0.39, 0.29) is 18.1 Å². The normalized spacial score (nSPS) is 11.8. The molecular formula is C30H35FN2O4Si. The number of para-hydroxylation sites is 1. The summed E-state index contributed by atoms with van der Waals surface area (Å²) in [7, 11) is -1.18. The molecule has 0 N–H and O–H groups in total. The molecule has 0 saturated heterocycles. The highest BCUT2D eigenvalue weighted by Gasteiger charge is 2.19. The number of hydrogen-bond acceptors (Lipinski definition) is 5. The summed E-state index contributed by atoms with van der Waals surface area (Å²) < 4.78 is 34.4. The molecule has 0 amide bonds. The van der Waals surface area contributed by atoms with Crippen molar-refractivity contribution in [3.05, 3.63) is 83.9 Å². The average Bonchev–Trinajstić information content (AvgIpc) is 3.23. The number of fused-ring (bicyclic) bond motifs is 1. The predicted octanol–water partition coefficient (Wildman–Crippen LogP) is 7.55. The zero-order chi connectivity index (χ0) is 27.3. The van der Waals surface area contributed by atoms with Crippen molar-refractivity contribution in [2.75, 3.05) is 6.61 Å². The lowest BCUT2D eigenvalue weighted by molar-refractivity contribution is -0.133. The number of carbonyl (C=O) groups is 1. The molecule has 0 unspecified atom stereocenters. The fraction of sp³-hybridized carbons (Fsp3) is 0.333. The molecule has 4 rings (SSSR count). The minimum Gasteiger partial charge on any atom is -0.453 e. The third kappa shape index (κ3) is 7.08. The van der Waals surface area contributed by atoms with E-state index in [1.165, 1.54) is 12.1 Å². The maximum atomic E-state index is 15.1. The van der Waals surface area contributed by atoms with E-state index in [2.05, 4.69) is 38.5 Å². The second-order valence-electron chi connectivity index (χ2n) is 10.9. The number of nitrogens with zero attached hydrogens (tertiary/aromatic N) is 2. The van der Waals surface area contributed by atoms with Crippen LogP contribution in [0.5, 0.6) is 17.2 Å². The Labute approximate surface area is 224 Å². The zero-order valence-corrected chi connectivity index (χ0v) is 23.7. The fourth-order valence-electron chi connectivity index (χ4n) is 4.06. The molecule has 4 aromatic rings. The van der Waals surface area contributed by atoms with E-state index in [1.807, 2.05) is 16.8 Å². The Balaban J connectivity index is 1.51. The van der Waals surface area contributed by atoms with Crippen molar-refractivity contribution in [1.29, 1.82) is 0 Å². The molecule has 0 fully saturated rings. The van der Waals surface area contributed by atoms with Crippen molar-refractivity contribution in [3.63, 3.8) is 0 Å². The average molecular weight is 535 g/mol. The van der Waals surface area contributed by atoms with Gasteiger partial charge in [-0.05, 0) is 53.4 Å². The molecule has 0 radical (unpaired) electrons. The molecule has 0 aliphatic heterocycles. The van der Waals surface area contributed by atoms with Gasteiger partial charge >= 0.3 is 5.97 Å². The maximum absolute atomic E-state index is 15.1. The van der Waals surface area contributed by atoms with Crippen LogP contribution >= 0.6 is 0 Å². The van der Waals surface area contributed by atoms with Gasteiger partial charge in [-0.25, -0.2) is 9.37 Å². The zero-order valence-electron chi connectivity index (χ0n) is 22.7. The molecule has 2 aromatic heterocycles. The highest BCUT2D eigenvalue weighted by molar-refractivity contribution is 6.76. The van der Waals surface area contributed by atoms with Crippen LogP contribution in [0.2, 0.25) is 25.7 Å². The van der Waals surface area contributed by atoms with Crippen LogP contribution in [-0.4, -0.2) is 30.2 Å². The van der Waals surface area contributed by atoms with E-state index in [4.69, 9.17) is 14.2 Å². The quantitative estimate of drug-likeness (QED) is 0.0860. The number of halogens is 1. The van der Waals surface area contributed by atoms with E-state index in [9.17, 15) is 4.79 Å². The molecule has 0 atom stereocenters. The van der Waals surface area contributed by atoms with Crippen LogP contribution < -0.4 is 9.47 Å². The molecule has 6 nitrogen and oxygen atoms in total.